The standard InChI is InChI=1S/C45H35N11O25S7/c1-18(57)48-22-6-9-28(31(16-22)83(64,65)66)51-56-40-35(87(76,77)78)17-26-24(42(40)58)7-10-29(45(26)88(79,80)81)52-53-38-32(84(67,68)69)12-20-13-34(86(73,74)75)41(44(60)36(20)37(38)46)54-49-23-4-3-19-11-33(85(70,71)72)39(43(59)25(19)14-23)55-50-27-8-5-21(47-2)15-30(27)82(61,62)63/h3-17,47,58-60H,46H2,1-2H3,(H,48,57)(H,61,62,63)(H,64,65,66)(H,67,68,69)(H,70,71,72)(H,73,74,75)(H,76,77,78)(H,79,80,81). The summed E-state index contributed by atoms with van der Waals surface area (Å²) in [5.41, 5.74) is -2.38. The summed E-state index contributed by atoms with van der Waals surface area (Å²) in [4.78, 5) is 2.86. The summed E-state index contributed by atoms with van der Waals surface area (Å²) in [5, 5.41) is 64.4. The maximum absolute atomic E-state index is 13.1. The molecule has 0 unspecified atom stereocenters. The average molecular weight is 1350 g/mol. The quantitative estimate of drug-likeness (QED) is 0.0232. The van der Waals surface area contributed by atoms with Crippen molar-refractivity contribution in [3.63, 3.8) is 0 Å². The number of azo groups is 4. The molecule has 36 nitrogen and oxygen atoms in total. The van der Waals surface area contributed by atoms with E-state index in [1.165, 1.54) is 13.1 Å². The number of phenolic OH excluding ortho intramolecular Hbond substituents is 3. The average Bonchev–Trinajstić information content (AvgIpc) is 0.771. The molecule has 0 aliphatic rings. The van der Waals surface area contributed by atoms with Crippen molar-refractivity contribution in [2.45, 2.75) is 41.2 Å². The number of rotatable bonds is 17. The van der Waals surface area contributed by atoms with E-state index in [4.69, 9.17) is 5.73 Å². The van der Waals surface area contributed by atoms with E-state index in [1.54, 1.807) is 0 Å². The Bertz CT molecular complexity index is 5400. The highest BCUT2D eigenvalue weighted by molar-refractivity contribution is 7.87. The predicted molar refractivity (Wildman–Crippen MR) is 303 cm³/mol. The molecule has 8 rings (SSSR count). The van der Waals surface area contributed by atoms with E-state index in [9.17, 15) is 111 Å². The summed E-state index contributed by atoms with van der Waals surface area (Å²) >= 11 is 0. The molecule has 0 saturated carbocycles. The predicted octanol–water partition coefficient (Wildman–Crippen LogP) is 8.23. The summed E-state index contributed by atoms with van der Waals surface area (Å²) in [6, 6.07) is 12.1. The van der Waals surface area contributed by atoms with Crippen LogP contribution in [-0.2, 0) is 75.6 Å². The van der Waals surface area contributed by atoms with Gasteiger partial charge in [-0.05, 0) is 95.7 Å². The normalized spacial score (nSPS) is 13.3. The van der Waals surface area contributed by atoms with E-state index in [-0.39, 0.29) is 28.2 Å². The summed E-state index contributed by atoms with van der Waals surface area (Å²) < 4.78 is 248. The Morgan fingerprint density at radius 1 is 0.398 bits per heavy atom. The van der Waals surface area contributed by atoms with Crippen LogP contribution in [0, 0.1) is 0 Å². The van der Waals surface area contributed by atoms with Gasteiger partial charge in [-0.2, -0.15) is 64.0 Å². The number of fused-ring (bicyclic) bond motifs is 3. The molecule has 0 spiro atoms. The van der Waals surface area contributed by atoms with Gasteiger partial charge < -0.3 is 31.7 Å². The van der Waals surface area contributed by atoms with Gasteiger partial charge in [0.15, 0.2) is 17.2 Å². The second-order valence-corrected chi connectivity index (χ2v) is 27.5. The molecule has 8 aromatic rings. The zero-order valence-corrected chi connectivity index (χ0v) is 49.0. The first-order valence-electron chi connectivity index (χ1n) is 23.0. The molecular formula is C45H35N11O25S7. The summed E-state index contributed by atoms with van der Waals surface area (Å²) in [7, 11) is -36.8. The smallest absolute Gasteiger partial charge is 0.297 e. The van der Waals surface area contributed by atoms with Crippen LogP contribution in [-0.4, -0.2) is 119 Å². The van der Waals surface area contributed by atoms with Crippen LogP contribution in [0.3, 0.4) is 0 Å². The highest BCUT2D eigenvalue weighted by atomic mass is 32.2. The number of nitrogens with two attached hydrogens (primary N) is 1. The van der Waals surface area contributed by atoms with Crippen LogP contribution in [0.25, 0.3) is 32.3 Å². The maximum Gasteiger partial charge on any atom is 0.297 e. The van der Waals surface area contributed by atoms with Crippen LogP contribution in [0.2, 0.25) is 0 Å². The fraction of sp³-hybridized carbons (Fsp3) is 0.0444. The van der Waals surface area contributed by atoms with Crippen LogP contribution in [0.1, 0.15) is 6.92 Å². The van der Waals surface area contributed by atoms with Gasteiger partial charge in [0.2, 0.25) is 5.91 Å². The number of hydrogen-bond donors (Lipinski definition) is 13. The van der Waals surface area contributed by atoms with E-state index in [2.05, 4.69) is 51.5 Å². The Labute approximate surface area is 493 Å². The van der Waals surface area contributed by atoms with Crippen LogP contribution < -0.4 is 16.4 Å². The number of amides is 1. The second-order valence-electron chi connectivity index (χ2n) is 17.8. The van der Waals surface area contributed by atoms with E-state index >= 15 is 0 Å². The molecule has 43 heteroatoms. The molecule has 88 heavy (non-hydrogen) atoms. The lowest BCUT2D eigenvalue weighted by molar-refractivity contribution is -0.114. The third kappa shape index (κ3) is 13.2. The van der Waals surface area contributed by atoms with Crippen LogP contribution in [0.15, 0.2) is 166 Å². The lowest BCUT2D eigenvalue weighted by Crippen LogP contribution is -2.07. The van der Waals surface area contributed by atoms with Gasteiger partial charge in [0.1, 0.15) is 74.1 Å². The molecule has 14 N–H and O–H groups in total. The lowest BCUT2D eigenvalue weighted by Gasteiger charge is -2.14. The first kappa shape index (κ1) is 64.8. The molecular weight excluding hydrogens is 1320 g/mol. The Kier molecular flexibility index (Phi) is 16.8. The van der Waals surface area contributed by atoms with Gasteiger partial charge in [-0.25, -0.2) is 0 Å². The van der Waals surface area contributed by atoms with Gasteiger partial charge in [-0.1, -0.05) is 6.07 Å². The minimum absolute atomic E-state index is 0.159. The first-order chi connectivity index (χ1) is 40.5. The van der Waals surface area contributed by atoms with Crippen molar-refractivity contribution in [1.29, 1.82) is 0 Å². The lowest BCUT2D eigenvalue weighted by atomic mass is 10.0. The number of aromatic hydroxyl groups is 3. The maximum atomic E-state index is 13.1. The third-order valence-electron chi connectivity index (χ3n) is 12.0. The van der Waals surface area contributed by atoms with Crippen molar-refractivity contribution >= 4 is 172 Å². The summed E-state index contributed by atoms with van der Waals surface area (Å²) in [6.45, 7) is 1.05. The van der Waals surface area contributed by atoms with E-state index in [1.807, 2.05) is 0 Å². The van der Waals surface area contributed by atoms with Crippen molar-refractivity contribution in [2.24, 2.45) is 40.9 Å². The van der Waals surface area contributed by atoms with Crippen molar-refractivity contribution in [2.75, 3.05) is 23.4 Å². The number of nitrogens with zero attached hydrogens (tertiary/aromatic N) is 8. The molecule has 0 aromatic heterocycles. The Hall–Kier alpha value is -9.22. The molecule has 0 bridgehead atoms. The number of hydrogen-bond acceptors (Lipinski definition) is 28. The van der Waals surface area contributed by atoms with Crippen LogP contribution in [0.5, 0.6) is 17.2 Å². The number of nitrogen functional groups attached to an aromatic ring is 1. The molecule has 0 heterocycles. The number of carbonyl (C=O) groups excluding carboxylic acids is 1. The van der Waals surface area contributed by atoms with Gasteiger partial charge in [-0.3, -0.25) is 36.7 Å². The topological polar surface area (TPSA) is 607 Å². The van der Waals surface area contributed by atoms with Gasteiger partial charge in [0.05, 0.1) is 16.8 Å². The van der Waals surface area contributed by atoms with Crippen molar-refractivity contribution in [3.05, 3.63) is 91.0 Å². The minimum atomic E-state index is -5.78. The number of anilines is 3. The fourth-order valence-electron chi connectivity index (χ4n) is 8.28. The largest absolute Gasteiger partial charge is 0.505 e. The molecule has 0 saturated heterocycles. The highest BCUT2D eigenvalue weighted by Crippen LogP contribution is 2.51. The third-order valence-corrected chi connectivity index (χ3v) is 18.2. The van der Waals surface area contributed by atoms with Crippen molar-refractivity contribution < 1.29 is 111 Å². The van der Waals surface area contributed by atoms with Crippen LogP contribution >= 0.6 is 0 Å². The SMILES string of the molecule is CNc1ccc(N=Nc2c(S(=O)(=O)O)cc3ccc(N=Nc4c(S(=O)(=O)O)cc5cc(S(=O)(=O)O)c(N=Nc6ccc7c(O)c(N=Nc8ccc(NC(C)=O)cc8S(=O)(=O)O)c(S(=O)(=O)O)cc7c6S(=O)(=O)O)c(N)c5c4O)cc3c2O)c(S(=O)(=O)O)c1. The number of benzene rings is 8. The van der Waals surface area contributed by atoms with Gasteiger partial charge in [0, 0.05) is 41.5 Å². The zero-order chi connectivity index (χ0) is 65.3. The first-order valence-corrected chi connectivity index (χ1v) is 33.1. The zero-order valence-electron chi connectivity index (χ0n) is 43.3. The summed E-state index contributed by atoms with van der Waals surface area (Å²) in [6.07, 6.45) is 0. The Morgan fingerprint density at radius 3 is 1.30 bits per heavy atom. The van der Waals surface area contributed by atoms with Crippen molar-refractivity contribution in [3.8, 4) is 17.2 Å². The molecule has 462 valence electrons. The molecule has 0 aliphatic heterocycles. The molecule has 1 amide bonds. The Morgan fingerprint density at radius 2 is 0.807 bits per heavy atom. The van der Waals surface area contributed by atoms with E-state index in [0.717, 1.165) is 61.5 Å². The molecule has 0 atom stereocenters. The fourth-order valence-corrected chi connectivity index (χ4v) is 13.0. The van der Waals surface area contributed by atoms with Gasteiger partial charge in [0.25, 0.3) is 70.8 Å². The molecule has 8 aromatic carbocycles. The second kappa shape index (κ2) is 22.8. The minimum Gasteiger partial charge on any atom is -0.505 e. The number of phenols is 3. The summed E-state index contributed by atoms with van der Waals surface area (Å²) in [5.74, 6) is -4.52. The number of carbonyl (C=O) groups is 1. The molecule has 0 fully saturated rings. The highest BCUT2D eigenvalue weighted by Gasteiger charge is 2.32. The van der Waals surface area contributed by atoms with Crippen LogP contribution in [0.4, 0.5) is 62.6 Å². The molecule has 0 radical (unpaired) electrons. The van der Waals surface area contributed by atoms with Gasteiger partial charge >= 0.3 is 0 Å². The Balaban J connectivity index is 1.28. The van der Waals surface area contributed by atoms with Gasteiger partial charge in [-0.15, -0.1) is 35.8 Å². The molecule has 0 aliphatic carbocycles. The monoisotopic (exact) mass is 1350 g/mol. The van der Waals surface area contributed by atoms with E-state index in [0.29, 0.717) is 24.3 Å². The van der Waals surface area contributed by atoms with Crippen molar-refractivity contribution in [1.82, 2.24) is 0 Å². The van der Waals surface area contributed by atoms with E-state index < -0.39 is 201 Å². The number of nitrogens with one attached hydrogen (secondary N) is 2.